The standard InChI is InChI=1S/C10H15N3O3/c1-10(2,16-3)6-11-9(15)7-4-5-8(14)13-12-7/h4-5H,6H2,1-3H3,(H,11,15)(H,13,14). The molecule has 16 heavy (non-hydrogen) atoms. The van der Waals surface area contributed by atoms with E-state index in [2.05, 4.69) is 15.5 Å². The average molecular weight is 225 g/mol. The molecule has 0 atom stereocenters. The van der Waals surface area contributed by atoms with Crippen molar-refractivity contribution >= 4 is 5.91 Å². The minimum atomic E-state index is -0.433. The number of rotatable bonds is 4. The lowest BCUT2D eigenvalue weighted by molar-refractivity contribution is 0.0228. The lowest BCUT2D eigenvalue weighted by Gasteiger charge is -2.22. The van der Waals surface area contributed by atoms with Crippen molar-refractivity contribution in [3.8, 4) is 0 Å². The highest BCUT2D eigenvalue weighted by Gasteiger charge is 2.18. The molecule has 6 nitrogen and oxygen atoms in total. The van der Waals surface area contributed by atoms with Crippen molar-refractivity contribution in [3.05, 3.63) is 28.2 Å². The first-order valence-electron chi connectivity index (χ1n) is 4.84. The van der Waals surface area contributed by atoms with E-state index >= 15 is 0 Å². The molecule has 6 heteroatoms. The Morgan fingerprint density at radius 1 is 1.56 bits per heavy atom. The molecular formula is C10H15N3O3. The van der Waals surface area contributed by atoms with Crippen LogP contribution >= 0.6 is 0 Å². The molecule has 0 aromatic carbocycles. The van der Waals surface area contributed by atoms with Gasteiger partial charge in [-0.05, 0) is 19.9 Å². The number of methoxy groups -OCH3 is 1. The number of hydrogen-bond donors (Lipinski definition) is 2. The second kappa shape index (κ2) is 4.89. The van der Waals surface area contributed by atoms with Crippen LogP contribution in [-0.4, -0.2) is 35.4 Å². The number of carbonyl (C=O) groups is 1. The molecule has 1 aromatic rings. The van der Waals surface area contributed by atoms with Crippen LogP contribution < -0.4 is 10.9 Å². The lowest BCUT2D eigenvalue weighted by Crippen LogP contribution is -2.40. The average Bonchev–Trinajstić information content (AvgIpc) is 2.27. The maximum absolute atomic E-state index is 11.6. The zero-order valence-electron chi connectivity index (χ0n) is 9.53. The SMILES string of the molecule is COC(C)(C)CNC(=O)c1ccc(=O)[nH]n1. The fourth-order valence-electron chi connectivity index (χ4n) is 0.927. The van der Waals surface area contributed by atoms with Gasteiger partial charge in [0.2, 0.25) is 0 Å². The molecular weight excluding hydrogens is 210 g/mol. The highest BCUT2D eigenvalue weighted by atomic mass is 16.5. The monoisotopic (exact) mass is 225 g/mol. The molecule has 1 rings (SSSR count). The van der Waals surface area contributed by atoms with Gasteiger partial charge in [-0.3, -0.25) is 9.59 Å². The fraction of sp³-hybridized carbons (Fsp3) is 0.500. The van der Waals surface area contributed by atoms with E-state index in [9.17, 15) is 9.59 Å². The van der Waals surface area contributed by atoms with Gasteiger partial charge in [-0.2, -0.15) is 5.10 Å². The highest BCUT2D eigenvalue weighted by Crippen LogP contribution is 2.04. The van der Waals surface area contributed by atoms with Crippen LogP contribution in [0.4, 0.5) is 0 Å². The van der Waals surface area contributed by atoms with Crippen molar-refractivity contribution in [1.29, 1.82) is 0 Å². The van der Waals surface area contributed by atoms with E-state index in [4.69, 9.17) is 4.74 Å². The molecule has 0 fully saturated rings. The van der Waals surface area contributed by atoms with Crippen LogP contribution in [0, 0.1) is 0 Å². The Bertz CT molecular complexity index is 405. The summed E-state index contributed by atoms with van der Waals surface area (Å²) in [5.41, 5.74) is -0.599. The Kier molecular flexibility index (Phi) is 3.78. The molecule has 0 unspecified atom stereocenters. The van der Waals surface area contributed by atoms with Crippen LogP contribution in [0.1, 0.15) is 24.3 Å². The zero-order chi connectivity index (χ0) is 12.2. The van der Waals surface area contributed by atoms with Gasteiger partial charge in [0.15, 0.2) is 0 Å². The molecule has 0 saturated heterocycles. The molecule has 0 saturated carbocycles. The summed E-state index contributed by atoms with van der Waals surface area (Å²) >= 11 is 0. The predicted octanol–water partition coefficient (Wildman–Crippen LogP) is -0.0753. The van der Waals surface area contributed by atoms with E-state index < -0.39 is 5.60 Å². The van der Waals surface area contributed by atoms with Crippen LogP contribution in [0.5, 0.6) is 0 Å². The van der Waals surface area contributed by atoms with Gasteiger partial charge in [-0.1, -0.05) is 0 Å². The second-order valence-corrected chi connectivity index (χ2v) is 3.95. The molecule has 0 aliphatic heterocycles. The topological polar surface area (TPSA) is 84.1 Å². The summed E-state index contributed by atoms with van der Waals surface area (Å²) in [6.07, 6.45) is 0. The van der Waals surface area contributed by atoms with Crippen LogP contribution in [0.25, 0.3) is 0 Å². The van der Waals surface area contributed by atoms with E-state index in [0.29, 0.717) is 6.54 Å². The third kappa shape index (κ3) is 3.47. The summed E-state index contributed by atoms with van der Waals surface area (Å²) in [7, 11) is 1.57. The molecule has 2 N–H and O–H groups in total. The molecule has 88 valence electrons. The number of hydrogen-bond acceptors (Lipinski definition) is 4. The molecule has 1 amide bonds. The Morgan fingerprint density at radius 2 is 2.25 bits per heavy atom. The van der Waals surface area contributed by atoms with E-state index in [1.54, 1.807) is 7.11 Å². The minimum Gasteiger partial charge on any atom is -0.377 e. The Hall–Kier alpha value is -1.69. The summed E-state index contributed by atoms with van der Waals surface area (Å²) in [6, 6.07) is 2.62. The van der Waals surface area contributed by atoms with Crippen LogP contribution in [-0.2, 0) is 4.74 Å². The van der Waals surface area contributed by atoms with Gasteiger partial charge < -0.3 is 10.1 Å². The van der Waals surface area contributed by atoms with E-state index in [1.807, 2.05) is 13.8 Å². The largest absolute Gasteiger partial charge is 0.377 e. The van der Waals surface area contributed by atoms with Crippen molar-refractivity contribution in [1.82, 2.24) is 15.5 Å². The molecule has 0 aliphatic carbocycles. The van der Waals surface area contributed by atoms with Gasteiger partial charge in [-0.25, -0.2) is 5.10 Å². The number of ether oxygens (including phenoxy) is 1. The normalized spacial score (nSPS) is 11.2. The number of aromatic amines is 1. The lowest BCUT2D eigenvalue weighted by atomic mass is 10.1. The summed E-state index contributed by atoms with van der Waals surface area (Å²) in [5.74, 6) is -0.346. The second-order valence-electron chi connectivity index (χ2n) is 3.95. The maximum Gasteiger partial charge on any atom is 0.271 e. The Balaban J connectivity index is 2.60. The first-order chi connectivity index (χ1) is 7.44. The van der Waals surface area contributed by atoms with Crippen LogP contribution in [0.3, 0.4) is 0 Å². The van der Waals surface area contributed by atoms with Gasteiger partial charge in [0.05, 0.1) is 5.60 Å². The molecule has 1 aromatic heterocycles. The van der Waals surface area contributed by atoms with E-state index in [1.165, 1.54) is 12.1 Å². The third-order valence-corrected chi connectivity index (χ3v) is 2.14. The minimum absolute atomic E-state index is 0.173. The number of amides is 1. The third-order valence-electron chi connectivity index (χ3n) is 2.14. The Labute approximate surface area is 93.0 Å². The number of nitrogens with zero attached hydrogens (tertiary/aromatic N) is 1. The number of aromatic nitrogens is 2. The van der Waals surface area contributed by atoms with Crippen LogP contribution in [0.15, 0.2) is 16.9 Å². The van der Waals surface area contributed by atoms with Crippen molar-refractivity contribution in [2.45, 2.75) is 19.4 Å². The first-order valence-corrected chi connectivity index (χ1v) is 4.84. The van der Waals surface area contributed by atoms with Gasteiger partial charge in [0, 0.05) is 19.7 Å². The predicted molar refractivity (Wildman–Crippen MR) is 58.3 cm³/mol. The van der Waals surface area contributed by atoms with Gasteiger partial charge in [0.1, 0.15) is 5.69 Å². The van der Waals surface area contributed by atoms with Gasteiger partial charge >= 0.3 is 0 Å². The van der Waals surface area contributed by atoms with Gasteiger partial charge in [0.25, 0.3) is 11.5 Å². The zero-order valence-corrected chi connectivity index (χ0v) is 9.53. The smallest absolute Gasteiger partial charge is 0.271 e. The van der Waals surface area contributed by atoms with Gasteiger partial charge in [-0.15, -0.1) is 0 Å². The van der Waals surface area contributed by atoms with Crippen molar-refractivity contribution < 1.29 is 9.53 Å². The van der Waals surface area contributed by atoms with Crippen LogP contribution in [0.2, 0.25) is 0 Å². The highest BCUT2D eigenvalue weighted by molar-refractivity contribution is 5.91. The molecule has 0 radical (unpaired) electrons. The molecule has 0 bridgehead atoms. The molecule has 0 aliphatic rings. The molecule has 0 spiro atoms. The summed E-state index contributed by atoms with van der Waals surface area (Å²) in [4.78, 5) is 22.3. The number of carbonyl (C=O) groups excluding carboxylic acids is 1. The summed E-state index contributed by atoms with van der Waals surface area (Å²) < 4.78 is 5.15. The maximum atomic E-state index is 11.6. The summed E-state index contributed by atoms with van der Waals surface area (Å²) in [5, 5.41) is 8.47. The quantitative estimate of drug-likeness (QED) is 0.751. The van der Waals surface area contributed by atoms with E-state index in [-0.39, 0.29) is 17.2 Å². The van der Waals surface area contributed by atoms with E-state index in [0.717, 1.165) is 0 Å². The Morgan fingerprint density at radius 3 is 2.75 bits per heavy atom. The fourth-order valence-corrected chi connectivity index (χ4v) is 0.927. The number of nitrogens with one attached hydrogen (secondary N) is 2. The first kappa shape index (κ1) is 12.4. The van der Waals surface area contributed by atoms with Crippen molar-refractivity contribution in [2.24, 2.45) is 0 Å². The summed E-state index contributed by atoms with van der Waals surface area (Å²) in [6.45, 7) is 4.07. The molecule has 1 heterocycles. The number of H-pyrrole nitrogens is 1. The van der Waals surface area contributed by atoms with Crippen molar-refractivity contribution in [2.75, 3.05) is 13.7 Å². The van der Waals surface area contributed by atoms with Crippen molar-refractivity contribution in [3.63, 3.8) is 0 Å².